The van der Waals surface area contributed by atoms with Gasteiger partial charge < -0.3 is 9.64 Å². The second-order valence-electron chi connectivity index (χ2n) is 5.60. The molecule has 2 aromatic rings. The van der Waals surface area contributed by atoms with Gasteiger partial charge in [-0.2, -0.15) is 0 Å². The number of ether oxygens (including phenoxy) is 1. The number of tetrazole rings is 1. The Morgan fingerprint density at radius 2 is 2.39 bits per heavy atom. The highest BCUT2D eigenvalue weighted by atomic mass is 16.5. The summed E-state index contributed by atoms with van der Waals surface area (Å²) >= 11 is 0. The largest absolute Gasteiger partial charge is 0.372 e. The minimum atomic E-state index is 0.0842. The number of hydrogen-bond donors (Lipinski definition) is 0. The van der Waals surface area contributed by atoms with E-state index in [1.807, 2.05) is 17.0 Å². The monoisotopic (exact) mass is 316 g/mol. The fraction of sp³-hybridized carbons (Fsp3) is 0.533. The predicted octanol–water partition coefficient (Wildman–Crippen LogP) is 0.666. The first-order valence-corrected chi connectivity index (χ1v) is 7.80. The second kappa shape index (κ2) is 7.77. The number of nitrogens with zero attached hydrogens (tertiary/aromatic N) is 6. The van der Waals surface area contributed by atoms with E-state index in [2.05, 4.69) is 20.5 Å². The van der Waals surface area contributed by atoms with Crippen LogP contribution in [0.4, 0.5) is 0 Å². The number of aryl methyl sites for hydroxylation is 1. The summed E-state index contributed by atoms with van der Waals surface area (Å²) in [5, 5.41) is 10.9. The molecule has 122 valence electrons. The van der Waals surface area contributed by atoms with Gasteiger partial charge in [-0.15, -0.1) is 5.10 Å². The van der Waals surface area contributed by atoms with Gasteiger partial charge in [-0.1, -0.05) is 6.07 Å². The van der Waals surface area contributed by atoms with Crippen molar-refractivity contribution in [3.63, 3.8) is 0 Å². The molecule has 0 unspecified atom stereocenters. The van der Waals surface area contributed by atoms with E-state index in [0.717, 1.165) is 24.9 Å². The fourth-order valence-corrected chi connectivity index (χ4v) is 2.65. The van der Waals surface area contributed by atoms with Crippen molar-refractivity contribution < 1.29 is 9.53 Å². The lowest BCUT2D eigenvalue weighted by Crippen LogP contribution is -2.43. The highest BCUT2D eigenvalue weighted by Gasteiger charge is 2.24. The third kappa shape index (κ3) is 4.56. The van der Waals surface area contributed by atoms with Gasteiger partial charge in [0.2, 0.25) is 5.91 Å². The molecule has 2 aromatic heterocycles. The van der Waals surface area contributed by atoms with Crippen molar-refractivity contribution in [2.24, 2.45) is 0 Å². The van der Waals surface area contributed by atoms with Gasteiger partial charge >= 0.3 is 0 Å². The van der Waals surface area contributed by atoms with Gasteiger partial charge in [-0.3, -0.25) is 9.78 Å². The van der Waals surface area contributed by atoms with E-state index in [1.54, 1.807) is 17.1 Å². The Morgan fingerprint density at radius 3 is 3.17 bits per heavy atom. The minimum absolute atomic E-state index is 0.0842. The van der Waals surface area contributed by atoms with Crippen LogP contribution in [-0.4, -0.2) is 55.2 Å². The molecule has 3 heterocycles. The Kier molecular flexibility index (Phi) is 5.25. The number of pyridine rings is 1. The molecule has 0 bridgehead atoms. The maximum Gasteiger partial charge on any atom is 0.224 e. The molecule has 0 N–H and O–H groups in total. The van der Waals surface area contributed by atoms with Crippen LogP contribution in [0.3, 0.4) is 0 Å². The van der Waals surface area contributed by atoms with Gasteiger partial charge in [0, 0.05) is 31.9 Å². The molecule has 1 fully saturated rings. The van der Waals surface area contributed by atoms with Crippen molar-refractivity contribution in [2.45, 2.75) is 38.5 Å². The number of piperidine rings is 1. The summed E-state index contributed by atoms with van der Waals surface area (Å²) < 4.78 is 7.50. The molecule has 8 heteroatoms. The first-order valence-electron chi connectivity index (χ1n) is 7.80. The number of carbonyl (C=O) groups excluding carboxylic acids is 1. The molecule has 0 aromatic carbocycles. The van der Waals surface area contributed by atoms with Gasteiger partial charge in [-0.05, 0) is 34.9 Å². The smallest absolute Gasteiger partial charge is 0.224 e. The summed E-state index contributed by atoms with van der Waals surface area (Å²) in [5.41, 5.74) is 1.05. The number of hydrogen-bond acceptors (Lipinski definition) is 6. The molecule has 1 amide bonds. The molecule has 1 aliphatic heterocycles. The first kappa shape index (κ1) is 15.5. The molecule has 23 heavy (non-hydrogen) atoms. The van der Waals surface area contributed by atoms with E-state index in [1.165, 1.54) is 6.33 Å². The van der Waals surface area contributed by atoms with Crippen LogP contribution in [0.15, 0.2) is 30.9 Å². The van der Waals surface area contributed by atoms with E-state index < -0.39 is 0 Å². The Labute approximate surface area is 134 Å². The van der Waals surface area contributed by atoms with E-state index >= 15 is 0 Å². The first-order chi connectivity index (χ1) is 11.3. The summed E-state index contributed by atoms with van der Waals surface area (Å²) in [6, 6.07) is 3.89. The average molecular weight is 316 g/mol. The topological polar surface area (TPSA) is 86.0 Å². The fourth-order valence-electron chi connectivity index (χ4n) is 2.65. The predicted molar refractivity (Wildman–Crippen MR) is 81.1 cm³/mol. The van der Waals surface area contributed by atoms with Crippen molar-refractivity contribution in [3.05, 3.63) is 36.4 Å². The Bertz CT molecular complexity index is 604. The molecular weight excluding hydrogens is 296 g/mol. The Hall–Kier alpha value is -2.35. The van der Waals surface area contributed by atoms with Crippen molar-refractivity contribution in [1.29, 1.82) is 0 Å². The highest BCUT2D eigenvalue weighted by molar-refractivity contribution is 5.76. The zero-order chi connectivity index (χ0) is 15.9. The van der Waals surface area contributed by atoms with Crippen LogP contribution < -0.4 is 0 Å². The Morgan fingerprint density at radius 1 is 1.43 bits per heavy atom. The molecular formula is C15H20N6O2. The van der Waals surface area contributed by atoms with Crippen LogP contribution in [0.25, 0.3) is 0 Å². The van der Waals surface area contributed by atoms with Crippen molar-refractivity contribution in [2.75, 3.05) is 13.1 Å². The van der Waals surface area contributed by atoms with E-state index in [9.17, 15) is 4.79 Å². The molecule has 8 nitrogen and oxygen atoms in total. The highest BCUT2D eigenvalue weighted by Crippen LogP contribution is 2.16. The van der Waals surface area contributed by atoms with Crippen LogP contribution in [-0.2, 0) is 22.7 Å². The third-order valence-corrected chi connectivity index (χ3v) is 3.89. The molecule has 1 saturated heterocycles. The molecule has 3 rings (SSSR count). The second-order valence-corrected chi connectivity index (χ2v) is 5.60. The van der Waals surface area contributed by atoms with Gasteiger partial charge in [0.1, 0.15) is 6.33 Å². The maximum atomic E-state index is 12.3. The van der Waals surface area contributed by atoms with Crippen molar-refractivity contribution >= 4 is 5.91 Å². The molecule has 1 atom stereocenters. The standard InChI is InChI=1S/C15H20N6O2/c22-15(5-8-21-12-17-18-19-21)20-7-2-4-14(10-20)23-11-13-3-1-6-16-9-13/h1,3,6,9,12,14H,2,4-5,7-8,10-11H2/t14-/m1/s1. The lowest BCUT2D eigenvalue weighted by molar-refractivity contribution is -0.135. The summed E-state index contributed by atoms with van der Waals surface area (Å²) in [6.07, 6.45) is 7.50. The van der Waals surface area contributed by atoms with E-state index in [4.69, 9.17) is 4.74 Å². The van der Waals surface area contributed by atoms with Crippen molar-refractivity contribution in [3.8, 4) is 0 Å². The Balaban J connectivity index is 1.44. The van der Waals surface area contributed by atoms with Gasteiger partial charge in [0.25, 0.3) is 0 Å². The number of likely N-dealkylation sites (tertiary alicyclic amines) is 1. The van der Waals surface area contributed by atoms with E-state index in [-0.39, 0.29) is 12.0 Å². The minimum Gasteiger partial charge on any atom is -0.372 e. The van der Waals surface area contributed by atoms with E-state index in [0.29, 0.717) is 26.1 Å². The SMILES string of the molecule is O=C(CCn1cnnn1)N1CCC[C@@H](OCc2cccnc2)C1. The third-order valence-electron chi connectivity index (χ3n) is 3.89. The zero-order valence-corrected chi connectivity index (χ0v) is 12.9. The number of carbonyl (C=O) groups is 1. The van der Waals surface area contributed by atoms with Crippen LogP contribution in [0.2, 0.25) is 0 Å². The maximum absolute atomic E-state index is 12.3. The van der Waals surface area contributed by atoms with Crippen LogP contribution in [0.5, 0.6) is 0 Å². The van der Waals surface area contributed by atoms with Gasteiger partial charge in [0.15, 0.2) is 0 Å². The normalized spacial score (nSPS) is 18.1. The van der Waals surface area contributed by atoms with Crippen LogP contribution in [0, 0.1) is 0 Å². The molecule has 0 aliphatic carbocycles. The summed E-state index contributed by atoms with van der Waals surface area (Å²) in [6.45, 7) is 2.48. The lowest BCUT2D eigenvalue weighted by Gasteiger charge is -2.32. The average Bonchev–Trinajstić information content (AvgIpc) is 3.12. The summed E-state index contributed by atoms with van der Waals surface area (Å²) in [4.78, 5) is 18.2. The molecule has 1 aliphatic rings. The molecule has 0 saturated carbocycles. The lowest BCUT2D eigenvalue weighted by atomic mass is 10.1. The van der Waals surface area contributed by atoms with Crippen LogP contribution >= 0.6 is 0 Å². The molecule has 0 spiro atoms. The number of rotatable bonds is 6. The van der Waals surface area contributed by atoms with Crippen LogP contribution in [0.1, 0.15) is 24.8 Å². The van der Waals surface area contributed by atoms with Crippen molar-refractivity contribution in [1.82, 2.24) is 30.1 Å². The quantitative estimate of drug-likeness (QED) is 0.778. The summed E-state index contributed by atoms with van der Waals surface area (Å²) in [7, 11) is 0. The summed E-state index contributed by atoms with van der Waals surface area (Å²) in [5.74, 6) is 0.121. The zero-order valence-electron chi connectivity index (χ0n) is 12.9. The number of aromatic nitrogens is 5. The van der Waals surface area contributed by atoms with Gasteiger partial charge in [-0.25, -0.2) is 4.68 Å². The number of amides is 1. The van der Waals surface area contributed by atoms with Gasteiger partial charge in [0.05, 0.1) is 19.3 Å². The molecule has 0 radical (unpaired) electrons.